The van der Waals surface area contributed by atoms with Crippen molar-refractivity contribution in [3.8, 4) is 5.75 Å². The predicted octanol–water partition coefficient (Wildman–Crippen LogP) is 4.82. The highest BCUT2D eigenvalue weighted by molar-refractivity contribution is 6.30. The van der Waals surface area contributed by atoms with E-state index in [2.05, 4.69) is 10.5 Å². The van der Waals surface area contributed by atoms with Crippen LogP contribution in [0.25, 0.3) is 0 Å². The van der Waals surface area contributed by atoms with Crippen molar-refractivity contribution in [3.63, 3.8) is 0 Å². The second kappa shape index (κ2) is 8.96. The Balaban J connectivity index is 1.62. The molecule has 0 unspecified atom stereocenters. The van der Waals surface area contributed by atoms with Gasteiger partial charge in [-0.05, 0) is 54.1 Å². The lowest BCUT2D eigenvalue weighted by molar-refractivity contribution is 0.0955. The lowest BCUT2D eigenvalue weighted by Gasteiger charge is -2.09. The smallest absolute Gasteiger partial charge is 0.271 e. The van der Waals surface area contributed by atoms with E-state index in [1.165, 1.54) is 30.5 Å². The normalized spacial score (nSPS) is 10.7. The lowest BCUT2D eigenvalue weighted by atomic mass is 10.2. The van der Waals surface area contributed by atoms with Gasteiger partial charge in [-0.25, -0.2) is 9.82 Å². The number of nitrogens with one attached hydrogen (secondary N) is 1. The number of carbonyl (C=O) groups excluding carboxylic acids is 1. The Labute approximate surface area is 161 Å². The summed E-state index contributed by atoms with van der Waals surface area (Å²) in [5.41, 5.74) is 4.43. The van der Waals surface area contributed by atoms with Gasteiger partial charge in [0.25, 0.3) is 5.91 Å². The van der Waals surface area contributed by atoms with Crippen molar-refractivity contribution < 1.29 is 13.9 Å². The SMILES string of the molecule is O=C(N/N=C\c1ccccc1OCc1ccc(Cl)cc1)c1ccc(F)cc1. The second-order valence-electron chi connectivity index (χ2n) is 5.66. The molecule has 0 aromatic heterocycles. The Kier molecular flexibility index (Phi) is 6.18. The first-order valence-electron chi connectivity index (χ1n) is 8.17. The van der Waals surface area contributed by atoms with Crippen LogP contribution in [0.2, 0.25) is 5.02 Å². The Morgan fingerprint density at radius 2 is 1.74 bits per heavy atom. The number of para-hydroxylation sites is 1. The van der Waals surface area contributed by atoms with E-state index in [4.69, 9.17) is 16.3 Å². The Bertz CT molecular complexity index is 941. The summed E-state index contributed by atoms with van der Waals surface area (Å²) in [5, 5.41) is 4.62. The maximum atomic E-state index is 12.9. The van der Waals surface area contributed by atoms with E-state index in [0.717, 1.165) is 5.56 Å². The molecule has 0 atom stereocenters. The van der Waals surface area contributed by atoms with E-state index in [0.29, 0.717) is 28.5 Å². The van der Waals surface area contributed by atoms with Gasteiger partial charge in [0.1, 0.15) is 18.2 Å². The monoisotopic (exact) mass is 382 g/mol. The Morgan fingerprint density at radius 1 is 1.04 bits per heavy atom. The fraction of sp³-hybridized carbons (Fsp3) is 0.0476. The molecule has 0 aliphatic heterocycles. The molecule has 3 aromatic carbocycles. The molecule has 0 aliphatic carbocycles. The first kappa shape index (κ1) is 18.6. The van der Waals surface area contributed by atoms with Gasteiger partial charge in [-0.2, -0.15) is 5.10 Å². The van der Waals surface area contributed by atoms with Crippen molar-refractivity contribution in [2.45, 2.75) is 6.61 Å². The van der Waals surface area contributed by atoms with Crippen LogP contribution in [-0.4, -0.2) is 12.1 Å². The minimum absolute atomic E-state index is 0.320. The zero-order valence-corrected chi connectivity index (χ0v) is 15.0. The molecule has 0 aliphatic rings. The standard InChI is InChI=1S/C21H16ClFN2O2/c22-18-9-5-15(6-10-18)14-27-20-4-2-1-3-17(20)13-24-25-21(26)16-7-11-19(23)12-8-16/h1-13H,14H2,(H,25,26)/b24-13-. The molecular formula is C21H16ClFN2O2. The number of hydrazone groups is 1. The Hall–Kier alpha value is -3.18. The summed E-state index contributed by atoms with van der Waals surface area (Å²) in [6, 6.07) is 20.0. The minimum Gasteiger partial charge on any atom is -0.488 e. The Morgan fingerprint density at radius 3 is 2.48 bits per heavy atom. The summed E-state index contributed by atoms with van der Waals surface area (Å²) in [7, 11) is 0. The molecule has 136 valence electrons. The van der Waals surface area contributed by atoms with Crippen LogP contribution in [0.5, 0.6) is 5.75 Å². The molecule has 1 N–H and O–H groups in total. The van der Waals surface area contributed by atoms with Gasteiger partial charge in [-0.1, -0.05) is 35.9 Å². The van der Waals surface area contributed by atoms with E-state index >= 15 is 0 Å². The van der Waals surface area contributed by atoms with Crippen LogP contribution in [0.4, 0.5) is 4.39 Å². The van der Waals surface area contributed by atoms with Gasteiger partial charge in [0.05, 0.1) is 6.21 Å². The maximum Gasteiger partial charge on any atom is 0.271 e. The number of halogens is 2. The first-order valence-corrected chi connectivity index (χ1v) is 8.55. The fourth-order valence-corrected chi connectivity index (χ4v) is 2.41. The molecule has 6 heteroatoms. The van der Waals surface area contributed by atoms with Crippen LogP contribution in [0.1, 0.15) is 21.5 Å². The molecule has 3 rings (SSSR count). The second-order valence-corrected chi connectivity index (χ2v) is 6.10. The van der Waals surface area contributed by atoms with Gasteiger partial charge in [0, 0.05) is 16.1 Å². The number of amides is 1. The van der Waals surface area contributed by atoms with Gasteiger partial charge in [-0.3, -0.25) is 4.79 Å². The van der Waals surface area contributed by atoms with E-state index in [9.17, 15) is 9.18 Å². The molecule has 0 saturated carbocycles. The third-order valence-electron chi connectivity index (χ3n) is 3.70. The molecule has 0 fully saturated rings. The van der Waals surface area contributed by atoms with Crippen molar-refractivity contribution in [1.82, 2.24) is 5.43 Å². The average Bonchev–Trinajstić information content (AvgIpc) is 2.69. The summed E-state index contributed by atoms with van der Waals surface area (Å²) in [6.07, 6.45) is 1.50. The highest BCUT2D eigenvalue weighted by Crippen LogP contribution is 2.18. The number of carbonyl (C=O) groups is 1. The van der Waals surface area contributed by atoms with Gasteiger partial charge in [-0.15, -0.1) is 0 Å². The number of rotatable bonds is 6. The quantitative estimate of drug-likeness (QED) is 0.490. The van der Waals surface area contributed by atoms with Crippen molar-refractivity contribution >= 4 is 23.7 Å². The van der Waals surface area contributed by atoms with Crippen molar-refractivity contribution in [2.24, 2.45) is 5.10 Å². The topological polar surface area (TPSA) is 50.7 Å². The van der Waals surface area contributed by atoms with Gasteiger partial charge in [0.15, 0.2) is 0 Å². The van der Waals surface area contributed by atoms with Crippen LogP contribution in [0.15, 0.2) is 77.9 Å². The molecule has 0 heterocycles. The summed E-state index contributed by atoms with van der Waals surface area (Å²) >= 11 is 5.88. The molecule has 0 saturated heterocycles. The number of hydrogen-bond donors (Lipinski definition) is 1. The highest BCUT2D eigenvalue weighted by Gasteiger charge is 2.05. The highest BCUT2D eigenvalue weighted by atomic mass is 35.5. The fourth-order valence-electron chi connectivity index (χ4n) is 2.29. The van der Waals surface area contributed by atoms with Crippen LogP contribution >= 0.6 is 11.6 Å². The zero-order valence-electron chi connectivity index (χ0n) is 14.2. The summed E-state index contributed by atoms with van der Waals surface area (Å²) in [6.45, 7) is 0.379. The van der Waals surface area contributed by atoms with Crippen LogP contribution in [-0.2, 0) is 6.61 Å². The summed E-state index contributed by atoms with van der Waals surface area (Å²) < 4.78 is 18.7. The first-order chi connectivity index (χ1) is 13.1. The van der Waals surface area contributed by atoms with Gasteiger partial charge in [0.2, 0.25) is 0 Å². The molecule has 3 aromatic rings. The van der Waals surface area contributed by atoms with Crippen LogP contribution < -0.4 is 10.2 Å². The number of ether oxygens (including phenoxy) is 1. The van der Waals surface area contributed by atoms with Crippen LogP contribution in [0.3, 0.4) is 0 Å². The number of hydrogen-bond acceptors (Lipinski definition) is 3. The lowest BCUT2D eigenvalue weighted by Crippen LogP contribution is -2.17. The zero-order chi connectivity index (χ0) is 19.1. The van der Waals surface area contributed by atoms with Gasteiger partial charge < -0.3 is 4.74 Å². The number of benzene rings is 3. The minimum atomic E-state index is -0.425. The molecule has 0 radical (unpaired) electrons. The molecule has 27 heavy (non-hydrogen) atoms. The summed E-state index contributed by atoms with van der Waals surface area (Å²) in [5.74, 6) is -0.195. The molecular weight excluding hydrogens is 367 g/mol. The number of nitrogens with zero attached hydrogens (tertiary/aromatic N) is 1. The molecule has 0 bridgehead atoms. The average molecular weight is 383 g/mol. The third-order valence-corrected chi connectivity index (χ3v) is 3.95. The van der Waals surface area contributed by atoms with Crippen molar-refractivity contribution in [2.75, 3.05) is 0 Å². The van der Waals surface area contributed by atoms with E-state index in [-0.39, 0.29) is 0 Å². The maximum absolute atomic E-state index is 12.9. The largest absolute Gasteiger partial charge is 0.488 e. The van der Waals surface area contributed by atoms with Crippen molar-refractivity contribution in [3.05, 3.63) is 100 Å². The van der Waals surface area contributed by atoms with Gasteiger partial charge >= 0.3 is 0 Å². The third kappa shape index (κ3) is 5.39. The molecule has 0 spiro atoms. The molecule has 4 nitrogen and oxygen atoms in total. The summed E-state index contributed by atoms with van der Waals surface area (Å²) in [4.78, 5) is 12.0. The van der Waals surface area contributed by atoms with E-state index in [1.54, 1.807) is 12.1 Å². The predicted molar refractivity (Wildman–Crippen MR) is 104 cm³/mol. The molecule has 1 amide bonds. The van der Waals surface area contributed by atoms with Crippen molar-refractivity contribution in [1.29, 1.82) is 0 Å². The van der Waals surface area contributed by atoms with Crippen LogP contribution in [0, 0.1) is 5.82 Å². The van der Waals surface area contributed by atoms with E-state index in [1.807, 2.05) is 36.4 Å². The van der Waals surface area contributed by atoms with E-state index < -0.39 is 11.7 Å².